The summed E-state index contributed by atoms with van der Waals surface area (Å²) in [6, 6.07) is 5.29. The van der Waals surface area contributed by atoms with E-state index in [0.29, 0.717) is 0 Å². The number of carbonyl (C=O) groups is 1. The molecule has 1 aromatic carbocycles. The smallest absolute Gasteiger partial charge is 0.338 e. The summed E-state index contributed by atoms with van der Waals surface area (Å²) in [7, 11) is -4.13. The monoisotopic (exact) mass is 246 g/mol. The third-order valence-corrected chi connectivity index (χ3v) is 2.36. The van der Waals surface area contributed by atoms with Crippen LogP contribution in [0.2, 0.25) is 0 Å². The van der Waals surface area contributed by atoms with Gasteiger partial charge in [-0.2, -0.15) is 8.42 Å². The molecule has 16 heavy (non-hydrogen) atoms. The fourth-order valence-corrected chi connectivity index (χ4v) is 1.21. The summed E-state index contributed by atoms with van der Waals surface area (Å²) in [6.45, 7) is -0.418. The lowest BCUT2D eigenvalue weighted by molar-refractivity contribution is 0.0528. The molecule has 0 aromatic heterocycles. The number of phenolic OH excluding ortho intramolecular Hbond substituents is 1. The van der Waals surface area contributed by atoms with Crippen LogP contribution in [0.5, 0.6) is 5.75 Å². The number of phenols is 1. The lowest BCUT2D eigenvalue weighted by Gasteiger charge is -2.03. The Hall–Kier alpha value is -1.60. The van der Waals surface area contributed by atoms with Crippen molar-refractivity contribution in [3.05, 3.63) is 29.8 Å². The molecule has 0 bridgehead atoms. The highest BCUT2D eigenvalue weighted by atomic mass is 32.2. The molecule has 0 fully saturated rings. The molecule has 0 aliphatic rings. The van der Waals surface area contributed by atoms with E-state index in [9.17, 15) is 13.2 Å². The van der Waals surface area contributed by atoms with E-state index in [0.717, 1.165) is 0 Å². The molecular weight excluding hydrogens is 236 g/mol. The second-order valence-electron chi connectivity index (χ2n) is 2.97. The molecular formula is C9H10O6S. The Morgan fingerprint density at radius 3 is 2.31 bits per heavy atom. The van der Waals surface area contributed by atoms with Gasteiger partial charge in [0.15, 0.2) is 0 Å². The number of hydrogen-bond acceptors (Lipinski definition) is 5. The minimum absolute atomic E-state index is 0.00878. The number of benzene rings is 1. The normalized spacial score (nSPS) is 11.1. The molecule has 0 unspecified atom stereocenters. The van der Waals surface area contributed by atoms with Crippen LogP contribution < -0.4 is 0 Å². The number of aromatic hydroxyl groups is 1. The molecule has 0 saturated heterocycles. The van der Waals surface area contributed by atoms with E-state index >= 15 is 0 Å². The average Bonchev–Trinajstić information content (AvgIpc) is 2.16. The maximum Gasteiger partial charge on any atom is 0.338 e. The van der Waals surface area contributed by atoms with Crippen LogP contribution in [0.3, 0.4) is 0 Å². The maximum atomic E-state index is 11.3. The van der Waals surface area contributed by atoms with Crippen LogP contribution in [0.4, 0.5) is 0 Å². The first-order valence-electron chi connectivity index (χ1n) is 4.30. The fourth-order valence-electron chi connectivity index (χ4n) is 0.921. The number of carbonyl (C=O) groups excluding carboxylic acids is 1. The van der Waals surface area contributed by atoms with Crippen molar-refractivity contribution in [2.24, 2.45) is 0 Å². The molecule has 0 radical (unpaired) electrons. The summed E-state index contributed by atoms with van der Waals surface area (Å²) >= 11 is 0. The highest BCUT2D eigenvalue weighted by Gasteiger charge is 2.09. The second kappa shape index (κ2) is 4.95. The Labute approximate surface area is 92.2 Å². The van der Waals surface area contributed by atoms with Crippen molar-refractivity contribution in [1.29, 1.82) is 0 Å². The summed E-state index contributed by atoms with van der Waals surface area (Å²) < 4.78 is 33.6. The van der Waals surface area contributed by atoms with Crippen molar-refractivity contribution in [3.8, 4) is 5.75 Å². The first-order valence-corrected chi connectivity index (χ1v) is 5.91. The van der Waals surface area contributed by atoms with E-state index in [1.807, 2.05) is 0 Å². The summed E-state index contributed by atoms with van der Waals surface area (Å²) in [5.41, 5.74) is 0.188. The molecule has 1 aromatic rings. The average molecular weight is 246 g/mol. The Morgan fingerprint density at radius 2 is 1.81 bits per heavy atom. The summed E-state index contributed by atoms with van der Waals surface area (Å²) in [5.74, 6) is -1.35. The number of esters is 1. The van der Waals surface area contributed by atoms with Gasteiger partial charge < -0.3 is 9.84 Å². The number of ether oxygens (including phenoxy) is 1. The zero-order valence-electron chi connectivity index (χ0n) is 8.16. The van der Waals surface area contributed by atoms with Gasteiger partial charge in [-0.05, 0) is 24.3 Å². The first kappa shape index (κ1) is 12.5. The van der Waals surface area contributed by atoms with Crippen LogP contribution in [-0.2, 0) is 14.9 Å². The zero-order chi connectivity index (χ0) is 12.2. The predicted octanol–water partition coefficient (Wildman–Crippen LogP) is 0.437. The van der Waals surface area contributed by atoms with E-state index in [4.69, 9.17) is 9.66 Å². The Bertz CT molecular complexity index is 461. The molecule has 0 saturated carbocycles. The molecule has 0 aliphatic heterocycles. The van der Waals surface area contributed by atoms with Crippen molar-refractivity contribution in [2.75, 3.05) is 12.4 Å². The maximum absolute atomic E-state index is 11.3. The van der Waals surface area contributed by atoms with Crippen LogP contribution in [0.25, 0.3) is 0 Å². The third-order valence-electron chi connectivity index (χ3n) is 1.68. The zero-order valence-corrected chi connectivity index (χ0v) is 8.98. The minimum atomic E-state index is -4.13. The number of rotatable bonds is 4. The third kappa shape index (κ3) is 4.28. The van der Waals surface area contributed by atoms with Gasteiger partial charge in [-0.1, -0.05) is 0 Å². The molecule has 0 amide bonds. The minimum Gasteiger partial charge on any atom is -0.508 e. The summed E-state index contributed by atoms with van der Waals surface area (Å²) in [5, 5.41) is 8.96. The Kier molecular flexibility index (Phi) is 3.86. The van der Waals surface area contributed by atoms with Crippen LogP contribution in [0.15, 0.2) is 24.3 Å². The lowest BCUT2D eigenvalue weighted by Crippen LogP contribution is -2.14. The second-order valence-corrected chi connectivity index (χ2v) is 4.54. The molecule has 0 aliphatic carbocycles. The highest BCUT2D eigenvalue weighted by molar-refractivity contribution is 7.85. The van der Waals surface area contributed by atoms with Crippen molar-refractivity contribution >= 4 is 16.1 Å². The van der Waals surface area contributed by atoms with E-state index in [2.05, 4.69) is 4.74 Å². The topological polar surface area (TPSA) is 101 Å². The van der Waals surface area contributed by atoms with Crippen LogP contribution >= 0.6 is 0 Å². The summed E-state index contributed by atoms with van der Waals surface area (Å²) in [4.78, 5) is 11.3. The van der Waals surface area contributed by atoms with Gasteiger partial charge in [-0.15, -0.1) is 0 Å². The Morgan fingerprint density at radius 1 is 1.25 bits per heavy atom. The SMILES string of the molecule is O=C(OCCS(=O)(=O)O)c1ccc(O)cc1. The van der Waals surface area contributed by atoms with Gasteiger partial charge in [0.1, 0.15) is 18.1 Å². The summed E-state index contributed by atoms with van der Waals surface area (Å²) in [6.07, 6.45) is 0. The van der Waals surface area contributed by atoms with Crippen molar-refractivity contribution in [1.82, 2.24) is 0 Å². The quantitative estimate of drug-likeness (QED) is 0.590. The predicted molar refractivity (Wildman–Crippen MR) is 54.8 cm³/mol. The van der Waals surface area contributed by atoms with Crippen LogP contribution in [-0.4, -0.2) is 36.4 Å². The molecule has 1 rings (SSSR count). The number of hydrogen-bond donors (Lipinski definition) is 2. The van der Waals surface area contributed by atoms with E-state index in [1.54, 1.807) is 0 Å². The van der Waals surface area contributed by atoms with Gasteiger partial charge in [0.25, 0.3) is 10.1 Å². The highest BCUT2D eigenvalue weighted by Crippen LogP contribution is 2.10. The van der Waals surface area contributed by atoms with Crippen molar-refractivity contribution in [2.45, 2.75) is 0 Å². The molecule has 6 nitrogen and oxygen atoms in total. The van der Waals surface area contributed by atoms with Gasteiger partial charge in [-0.25, -0.2) is 4.79 Å². The van der Waals surface area contributed by atoms with Gasteiger partial charge >= 0.3 is 5.97 Å². The molecule has 0 heterocycles. The van der Waals surface area contributed by atoms with Crippen molar-refractivity contribution in [3.63, 3.8) is 0 Å². The van der Waals surface area contributed by atoms with Gasteiger partial charge in [0.2, 0.25) is 0 Å². The van der Waals surface area contributed by atoms with Crippen molar-refractivity contribution < 1.29 is 27.6 Å². The molecule has 88 valence electrons. The fraction of sp³-hybridized carbons (Fsp3) is 0.222. The lowest BCUT2D eigenvalue weighted by atomic mass is 10.2. The Balaban J connectivity index is 2.50. The van der Waals surface area contributed by atoms with Crippen LogP contribution in [0, 0.1) is 0 Å². The molecule has 7 heteroatoms. The molecule has 0 spiro atoms. The van der Waals surface area contributed by atoms with Gasteiger partial charge in [0.05, 0.1) is 5.56 Å². The largest absolute Gasteiger partial charge is 0.508 e. The van der Waals surface area contributed by atoms with E-state index in [-0.39, 0.29) is 11.3 Å². The van der Waals surface area contributed by atoms with Gasteiger partial charge in [-0.3, -0.25) is 4.55 Å². The standard InChI is InChI=1S/C9H10O6S/c10-8-3-1-7(2-4-8)9(11)15-5-6-16(12,13)14/h1-4,10H,5-6H2,(H,12,13,14). The molecule has 0 atom stereocenters. The molecule has 2 N–H and O–H groups in total. The van der Waals surface area contributed by atoms with E-state index in [1.165, 1.54) is 24.3 Å². The van der Waals surface area contributed by atoms with Crippen LogP contribution in [0.1, 0.15) is 10.4 Å². The first-order chi connectivity index (χ1) is 7.38. The van der Waals surface area contributed by atoms with E-state index < -0.39 is 28.4 Å². The van der Waals surface area contributed by atoms with Gasteiger partial charge in [0, 0.05) is 0 Å².